The minimum Gasteiger partial charge on any atom is -0.388 e. The molecule has 7 atom stereocenters. The summed E-state index contributed by atoms with van der Waals surface area (Å²) >= 11 is 3.56. The normalized spacial score (nSPS) is 42.4. The number of aromatic nitrogens is 1. The Morgan fingerprint density at radius 2 is 1.79 bits per heavy atom. The largest absolute Gasteiger partial charge is 0.388 e. The molecular formula is C29H39NOS2. The molecule has 0 saturated heterocycles. The Kier molecular flexibility index (Phi) is 5.74. The van der Waals surface area contributed by atoms with Gasteiger partial charge in [0.1, 0.15) is 4.34 Å². The molecule has 0 spiro atoms. The van der Waals surface area contributed by atoms with Crippen LogP contribution in [0.5, 0.6) is 0 Å². The molecule has 4 unspecified atom stereocenters. The second kappa shape index (κ2) is 8.38. The predicted molar refractivity (Wildman–Crippen MR) is 140 cm³/mol. The molecule has 2 aromatic rings. The van der Waals surface area contributed by atoms with Gasteiger partial charge in [-0.2, -0.15) is 0 Å². The number of nitrogens with zero attached hydrogens (tertiary/aromatic N) is 1. The van der Waals surface area contributed by atoms with Gasteiger partial charge in [0.15, 0.2) is 0 Å². The van der Waals surface area contributed by atoms with Crippen molar-refractivity contribution in [3.8, 4) is 10.4 Å². The number of rotatable bonds is 4. The Bertz CT molecular complexity index is 991. The summed E-state index contributed by atoms with van der Waals surface area (Å²) in [6.45, 7) is 5.11. The van der Waals surface area contributed by atoms with E-state index in [4.69, 9.17) is 4.98 Å². The lowest BCUT2D eigenvalue weighted by molar-refractivity contribution is -0.143. The van der Waals surface area contributed by atoms with Crippen molar-refractivity contribution in [3.63, 3.8) is 0 Å². The fourth-order valence-electron chi connectivity index (χ4n) is 8.88. The van der Waals surface area contributed by atoms with Gasteiger partial charge in [0.05, 0.1) is 10.5 Å². The minimum absolute atomic E-state index is 0.0680. The fraction of sp³-hybridized carbons (Fsp3) is 0.690. The summed E-state index contributed by atoms with van der Waals surface area (Å²) in [6, 6.07) is 10.5. The number of hydrogen-bond acceptors (Lipinski definition) is 4. The van der Waals surface area contributed by atoms with E-state index in [-0.39, 0.29) is 5.41 Å². The summed E-state index contributed by atoms with van der Waals surface area (Å²) in [6.07, 6.45) is 15.4. The van der Waals surface area contributed by atoms with Gasteiger partial charge in [-0.05, 0) is 86.0 Å². The molecule has 2 nitrogen and oxygen atoms in total. The van der Waals surface area contributed by atoms with Gasteiger partial charge in [0.25, 0.3) is 0 Å². The Morgan fingerprint density at radius 3 is 2.64 bits per heavy atom. The number of aliphatic hydroxyl groups is 1. The second-order valence-electron chi connectivity index (χ2n) is 12.1. The first kappa shape index (κ1) is 22.6. The lowest BCUT2D eigenvalue weighted by Crippen LogP contribution is -2.56. The highest BCUT2D eigenvalue weighted by Crippen LogP contribution is 2.68. The van der Waals surface area contributed by atoms with Crippen LogP contribution >= 0.6 is 23.1 Å². The molecule has 4 fully saturated rings. The zero-order valence-electron chi connectivity index (χ0n) is 20.3. The van der Waals surface area contributed by atoms with Crippen molar-refractivity contribution >= 4 is 23.1 Å². The van der Waals surface area contributed by atoms with Crippen molar-refractivity contribution in [2.45, 2.75) is 88.0 Å². The van der Waals surface area contributed by atoms with Gasteiger partial charge < -0.3 is 5.11 Å². The van der Waals surface area contributed by atoms with Crippen LogP contribution in [0.1, 0.15) is 78.1 Å². The Morgan fingerprint density at radius 1 is 0.970 bits per heavy atom. The minimum atomic E-state index is -0.559. The highest BCUT2D eigenvalue weighted by atomic mass is 32.2. The molecule has 4 aliphatic rings. The third kappa shape index (κ3) is 3.57. The van der Waals surface area contributed by atoms with E-state index in [1.54, 1.807) is 23.1 Å². The molecule has 0 bridgehead atoms. The average Bonchev–Trinajstić information content (AvgIpc) is 3.41. The van der Waals surface area contributed by atoms with Gasteiger partial charge in [-0.15, -0.1) is 11.3 Å². The van der Waals surface area contributed by atoms with Crippen molar-refractivity contribution in [1.29, 1.82) is 0 Å². The number of hydrogen-bond donors (Lipinski definition) is 1. The predicted octanol–water partition coefficient (Wildman–Crippen LogP) is 8.07. The van der Waals surface area contributed by atoms with E-state index >= 15 is 0 Å². The molecule has 6 rings (SSSR count). The Hall–Kier alpha value is -0.840. The van der Waals surface area contributed by atoms with Crippen LogP contribution in [0.2, 0.25) is 0 Å². The van der Waals surface area contributed by atoms with Crippen LogP contribution in [-0.2, 0) is 0 Å². The van der Waals surface area contributed by atoms with Crippen molar-refractivity contribution in [3.05, 3.63) is 36.5 Å². The monoisotopic (exact) mass is 481 g/mol. The van der Waals surface area contributed by atoms with Gasteiger partial charge in [-0.1, -0.05) is 68.8 Å². The molecule has 1 aromatic heterocycles. The average molecular weight is 482 g/mol. The summed E-state index contributed by atoms with van der Waals surface area (Å²) in [5.41, 5.74) is 1.32. The first-order valence-electron chi connectivity index (χ1n) is 13.3. The van der Waals surface area contributed by atoms with E-state index < -0.39 is 5.60 Å². The third-order valence-electron chi connectivity index (χ3n) is 10.9. The second-order valence-corrected chi connectivity index (χ2v) is 14.3. The third-order valence-corrected chi connectivity index (χ3v) is 13.3. The number of benzene rings is 1. The van der Waals surface area contributed by atoms with Gasteiger partial charge in [-0.3, -0.25) is 0 Å². The summed E-state index contributed by atoms with van der Waals surface area (Å²) in [5, 5.41) is 12.1. The molecule has 4 saturated carbocycles. The van der Waals surface area contributed by atoms with Crippen LogP contribution in [0, 0.1) is 34.5 Å². The highest BCUT2D eigenvalue weighted by molar-refractivity contribution is 8.01. The maximum absolute atomic E-state index is 12.1. The molecule has 0 radical (unpaired) electrons. The maximum Gasteiger partial charge on any atom is 0.150 e. The molecule has 0 aliphatic heterocycles. The summed E-state index contributed by atoms with van der Waals surface area (Å²) in [4.78, 5) is 5.92. The van der Waals surface area contributed by atoms with Crippen molar-refractivity contribution in [2.75, 3.05) is 5.75 Å². The van der Waals surface area contributed by atoms with Crippen molar-refractivity contribution in [1.82, 2.24) is 4.98 Å². The molecule has 178 valence electrons. The van der Waals surface area contributed by atoms with Crippen molar-refractivity contribution < 1.29 is 5.11 Å². The van der Waals surface area contributed by atoms with Crippen LogP contribution in [0.15, 0.2) is 40.9 Å². The van der Waals surface area contributed by atoms with Gasteiger partial charge in [0.2, 0.25) is 0 Å². The van der Waals surface area contributed by atoms with Crippen LogP contribution < -0.4 is 0 Å². The van der Waals surface area contributed by atoms with Crippen LogP contribution in [0.4, 0.5) is 0 Å². The Labute approximate surface area is 208 Å². The quantitative estimate of drug-likeness (QED) is 0.448. The van der Waals surface area contributed by atoms with E-state index in [1.807, 2.05) is 6.20 Å². The number of thiazole rings is 1. The zero-order valence-corrected chi connectivity index (χ0v) is 21.9. The van der Waals surface area contributed by atoms with Gasteiger partial charge in [0, 0.05) is 17.4 Å². The summed E-state index contributed by atoms with van der Waals surface area (Å²) in [7, 11) is 0. The molecule has 1 aromatic carbocycles. The van der Waals surface area contributed by atoms with Gasteiger partial charge >= 0.3 is 0 Å². The molecule has 1 heterocycles. The standard InChI is InChI=1S/C29H39NOS2/c1-27-15-7-6-10-21(27)11-12-22-23(27)13-16-28(2)24(22)14-17-29(28,31)19-32-26-30-18-25(33-26)20-8-4-3-5-9-20/h3-5,8-9,18,21-24,31H,6-7,10-17,19H2,1-2H3/t21?,22?,23?,24?,27-,28-,29+/m1/s1. The zero-order chi connectivity index (χ0) is 22.7. The number of thioether (sulfide) groups is 1. The van der Waals surface area contributed by atoms with E-state index in [9.17, 15) is 5.11 Å². The maximum atomic E-state index is 12.1. The van der Waals surface area contributed by atoms with E-state index in [1.165, 1.54) is 68.2 Å². The van der Waals surface area contributed by atoms with Crippen LogP contribution in [0.3, 0.4) is 0 Å². The molecule has 33 heavy (non-hydrogen) atoms. The number of fused-ring (bicyclic) bond motifs is 5. The highest BCUT2D eigenvalue weighted by Gasteiger charge is 2.64. The first-order chi connectivity index (χ1) is 15.9. The van der Waals surface area contributed by atoms with E-state index in [2.05, 4.69) is 44.2 Å². The summed E-state index contributed by atoms with van der Waals surface area (Å²) < 4.78 is 1.10. The van der Waals surface area contributed by atoms with Crippen molar-refractivity contribution in [2.24, 2.45) is 34.5 Å². The first-order valence-corrected chi connectivity index (χ1v) is 15.1. The SMILES string of the molecule is C[C@@]12CCCCC1CCC1C2CC[C@]2(C)C1CC[C@]2(O)CSc1ncc(-c2ccccc2)s1. The molecule has 1 N–H and O–H groups in total. The lowest BCUT2D eigenvalue weighted by Gasteiger charge is -2.61. The van der Waals surface area contributed by atoms with E-state index in [0.29, 0.717) is 11.3 Å². The topological polar surface area (TPSA) is 33.1 Å². The fourth-order valence-corrected chi connectivity index (χ4v) is 11.2. The molecule has 4 heteroatoms. The van der Waals surface area contributed by atoms with Gasteiger partial charge in [-0.25, -0.2) is 4.98 Å². The van der Waals surface area contributed by atoms with Crippen LogP contribution in [-0.4, -0.2) is 21.4 Å². The smallest absolute Gasteiger partial charge is 0.150 e. The van der Waals surface area contributed by atoms with Crippen LogP contribution in [0.25, 0.3) is 10.4 Å². The molecular weight excluding hydrogens is 442 g/mol. The molecule has 0 amide bonds. The molecule has 4 aliphatic carbocycles. The lowest BCUT2D eigenvalue weighted by atomic mass is 9.44. The summed E-state index contributed by atoms with van der Waals surface area (Å²) in [5.74, 6) is 4.21. The Balaban J connectivity index is 1.18. The van der Waals surface area contributed by atoms with E-state index in [0.717, 1.165) is 34.3 Å².